The van der Waals surface area contributed by atoms with Crippen LogP contribution in [-0.4, -0.2) is 88.9 Å². The van der Waals surface area contributed by atoms with E-state index in [2.05, 4.69) is 0 Å². The highest BCUT2D eigenvalue weighted by atomic mass is 35.5. The van der Waals surface area contributed by atoms with Gasteiger partial charge in [-0.15, -0.1) is 0 Å². The van der Waals surface area contributed by atoms with Crippen molar-refractivity contribution < 1.29 is 38.8 Å². The maximum Gasteiger partial charge on any atom is 0.394 e. The number of carboxylic acid groups (broad SMARTS) is 1. The number of rotatable bonds is 7. The van der Waals surface area contributed by atoms with Crippen LogP contribution in [0.15, 0.2) is 54.7 Å². The number of methoxy groups -OCH3 is 2. The lowest BCUT2D eigenvalue weighted by atomic mass is 9.98. The highest BCUT2D eigenvalue weighted by Crippen LogP contribution is 2.46. The number of nitrogens with zero attached hydrogens (tertiary/aromatic N) is 3. The van der Waals surface area contributed by atoms with Gasteiger partial charge >= 0.3 is 11.9 Å². The molecule has 0 bridgehead atoms. The van der Waals surface area contributed by atoms with E-state index in [0.29, 0.717) is 16.5 Å². The van der Waals surface area contributed by atoms with Crippen LogP contribution in [0.4, 0.5) is 0 Å². The number of halogens is 1. The molecule has 0 saturated carbocycles. The molecule has 42 heavy (non-hydrogen) atoms. The highest BCUT2D eigenvalue weighted by Gasteiger charge is 2.35. The summed E-state index contributed by atoms with van der Waals surface area (Å²) in [7, 11) is 3.12. The van der Waals surface area contributed by atoms with E-state index < -0.39 is 30.2 Å². The number of ether oxygens (including phenoxy) is 3. The molecule has 5 rings (SSSR count). The highest BCUT2D eigenvalue weighted by molar-refractivity contribution is 6.31. The van der Waals surface area contributed by atoms with Crippen LogP contribution in [0.1, 0.15) is 41.9 Å². The first kappa shape index (κ1) is 29.4. The van der Waals surface area contributed by atoms with Crippen molar-refractivity contribution in [1.29, 1.82) is 0 Å². The zero-order chi connectivity index (χ0) is 30.0. The summed E-state index contributed by atoms with van der Waals surface area (Å²) >= 11 is 6.46. The number of carboxylic acids is 1. The first-order valence-corrected chi connectivity index (χ1v) is 13.9. The maximum absolute atomic E-state index is 13.0. The van der Waals surface area contributed by atoms with Crippen molar-refractivity contribution in [3.05, 3.63) is 76.6 Å². The fourth-order valence-corrected chi connectivity index (χ4v) is 5.81. The molecule has 2 aromatic carbocycles. The van der Waals surface area contributed by atoms with Crippen molar-refractivity contribution in [1.82, 2.24) is 14.4 Å². The van der Waals surface area contributed by atoms with Crippen LogP contribution in [0.5, 0.6) is 11.5 Å². The first-order valence-electron chi connectivity index (χ1n) is 13.5. The Hall–Kier alpha value is -4.06. The number of hydrogen-bond donors (Lipinski definition) is 2. The van der Waals surface area contributed by atoms with Gasteiger partial charge in [0.25, 0.3) is 0 Å². The van der Waals surface area contributed by atoms with E-state index in [9.17, 15) is 19.5 Å². The number of carbonyl (C=O) groups is 3. The van der Waals surface area contributed by atoms with Crippen molar-refractivity contribution >= 4 is 29.4 Å². The first-order chi connectivity index (χ1) is 20.2. The zero-order valence-electron chi connectivity index (χ0n) is 23.2. The van der Waals surface area contributed by atoms with Crippen LogP contribution in [0.25, 0.3) is 5.69 Å². The van der Waals surface area contributed by atoms with E-state index in [1.165, 1.54) is 9.80 Å². The van der Waals surface area contributed by atoms with Gasteiger partial charge in [-0.05, 0) is 36.4 Å². The molecule has 3 aromatic rings. The summed E-state index contributed by atoms with van der Waals surface area (Å²) in [5.41, 5.74) is 3.18. The number of aliphatic hydroxyl groups is 1. The number of benzene rings is 2. The molecular formula is C30H32ClN3O8. The maximum atomic E-state index is 13.0. The fraction of sp³-hybridized carbons (Fsp3) is 0.367. The van der Waals surface area contributed by atoms with Crippen LogP contribution in [0.2, 0.25) is 5.02 Å². The summed E-state index contributed by atoms with van der Waals surface area (Å²) in [4.78, 5) is 38.5. The number of hydrogen-bond acceptors (Lipinski definition) is 7. The summed E-state index contributed by atoms with van der Waals surface area (Å²) in [6.07, 6.45) is -0.408. The second-order valence-corrected chi connectivity index (χ2v) is 10.6. The molecule has 0 aliphatic carbocycles. The summed E-state index contributed by atoms with van der Waals surface area (Å²) in [5, 5.41) is 20.6. The standard InChI is InChI=1S/C30H32ClN3O8/c1-40-24-7-3-5-20(28(24)41-2)27-21-15-18(31)8-9-22(21)34-10-4-6-23(34)25(42-27)16-19(35)17-26(36)32-11-13-33(14-12-32)29(37)30(38)39/h3-10,15,19,25,27,35H,11-14,16-17H2,1-2H3,(H,38,39)/t19?,25-,27-/m1/s1. The van der Waals surface area contributed by atoms with Crippen LogP contribution in [-0.2, 0) is 19.1 Å². The number of fused-ring (bicyclic) bond motifs is 3. The Morgan fingerprint density at radius 2 is 1.74 bits per heavy atom. The molecule has 0 spiro atoms. The van der Waals surface area contributed by atoms with E-state index in [1.807, 2.05) is 53.2 Å². The molecule has 2 N–H and O–H groups in total. The smallest absolute Gasteiger partial charge is 0.394 e. The third-order valence-electron chi connectivity index (χ3n) is 7.66. The third-order valence-corrected chi connectivity index (χ3v) is 7.89. The SMILES string of the molecule is COc1cccc([C@H]2O[C@H](CC(O)CC(=O)N3CCN(C(=O)C(=O)O)CC3)c3cccn3-c3ccc(Cl)cc32)c1OC. The minimum absolute atomic E-state index is 0.122. The minimum Gasteiger partial charge on any atom is -0.493 e. The Morgan fingerprint density at radius 3 is 2.43 bits per heavy atom. The van der Waals surface area contributed by atoms with Crippen LogP contribution >= 0.6 is 11.6 Å². The topological polar surface area (TPSA) is 131 Å². The van der Waals surface area contributed by atoms with Gasteiger partial charge in [0.15, 0.2) is 11.5 Å². The monoisotopic (exact) mass is 597 g/mol. The number of aliphatic hydroxyl groups excluding tert-OH is 1. The fourth-order valence-electron chi connectivity index (χ4n) is 5.63. The average Bonchev–Trinajstić information content (AvgIpc) is 3.44. The average molecular weight is 598 g/mol. The second-order valence-electron chi connectivity index (χ2n) is 10.2. The Kier molecular flexibility index (Phi) is 8.72. The van der Waals surface area contributed by atoms with Gasteiger partial charge in [-0.3, -0.25) is 9.59 Å². The van der Waals surface area contributed by atoms with E-state index in [0.717, 1.165) is 22.5 Å². The molecule has 2 aliphatic rings. The van der Waals surface area contributed by atoms with Gasteiger partial charge in [-0.2, -0.15) is 0 Å². The molecule has 222 valence electrons. The van der Waals surface area contributed by atoms with Crippen molar-refractivity contribution in [3.63, 3.8) is 0 Å². The van der Waals surface area contributed by atoms with Gasteiger partial charge in [0.1, 0.15) is 12.2 Å². The van der Waals surface area contributed by atoms with Crippen molar-refractivity contribution in [2.24, 2.45) is 0 Å². The summed E-state index contributed by atoms with van der Waals surface area (Å²) in [6.45, 7) is 0.635. The Morgan fingerprint density at radius 1 is 1.00 bits per heavy atom. The van der Waals surface area contributed by atoms with Crippen LogP contribution < -0.4 is 9.47 Å². The summed E-state index contributed by atoms with van der Waals surface area (Å²) in [6, 6.07) is 14.9. The Labute approximate surface area is 247 Å². The molecule has 0 radical (unpaired) electrons. The molecule has 1 saturated heterocycles. The molecule has 1 fully saturated rings. The van der Waals surface area contributed by atoms with Gasteiger partial charge in [-0.1, -0.05) is 23.7 Å². The summed E-state index contributed by atoms with van der Waals surface area (Å²) < 4.78 is 20.0. The number of aliphatic carboxylic acids is 1. The predicted octanol–water partition coefficient (Wildman–Crippen LogP) is 3.21. The molecule has 11 nitrogen and oxygen atoms in total. The number of amides is 2. The molecule has 3 atom stereocenters. The molecule has 2 aliphatic heterocycles. The number of carbonyl (C=O) groups excluding carboxylic acids is 2. The lowest BCUT2D eigenvalue weighted by Gasteiger charge is -2.34. The van der Waals surface area contributed by atoms with Crippen LogP contribution in [0, 0.1) is 0 Å². The lowest BCUT2D eigenvalue weighted by molar-refractivity contribution is -0.157. The number of piperazine rings is 1. The van der Waals surface area contributed by atoms with Crippen molar-refractivity contribution in [2.75, 3.05) is 40.4 Å². The quantitative estimate of drug-likeness (QED) is 0.397. The molecule has 2 amide bonds. The molecular weight excluding hydrogens is 566 g/mol. The minimum atomic E-state index is -1.52. The molecule has 12 heteroatoms. The second kappa shape index (κ2) is 12.4. The summed E-state index contributed by atoms with van der Waals surface area (Å²) in [5.74, 6) is -1.74. The normalized spacial score (nSPS) is 18.9. The van der Waals surface area contributed by atoms with E-state index >= 15 is 0 Å². The zero-order valence-corrected chi connectivity index (χ0v) is 24.0. The van der Waals surface area contributed by atoms with E-state index in [-0.39, 0.29) is 44.9 Å². The predicted molar refractivity (Wildman–Crippen MR) is 152 cm³/mol. The largest absolute Gasteiger partial charge is 0.493 e. The van der Waals surface area contributed by atoms with Gasteiger partial charge < -0.3 is 38.8 Å². The van der Waals surface area contributed by atoms with Crippen molar-refractivity contribution in [3.8, 4) is 17.2 Å². The van der Waals surface area contributed by atoms with E-state index in [1.54, 1.807) is 20.3 Å². The van der Waals surface area contributed by atoms with Crippen molar-refractivity contribution in [2.45, 2.75) is 31.2 Å². The molecule has 1 aromatic heterocycles. The van der Waals surface area contributed by atoms with Gasteiger partial charge in [0, 0.05) is 54.9 Å². The number of para-hydroxylation sites is 1. The third kappa shape index (κ3) is 5.80. The Bertz CT molecular complexity index is 1480. The van der Waals surface area contributed by atoms with Gasteiger partial charge in [0.05, 0.1) is 38.1 Å². The van der Waals surface area contributed by atoms with Gasteiger partial charge in [0.2, 0.25) is 5.91 Å². The lowest BCUT2D eigenvalue weighted by Crippen LogP contribution is -2.52. The molecule has 1 unspecified atom stereocenters. The van der Waals surface area contributed by atoms with E-state index in [4.69, 9.17) is 30.9 Å². The van der Waals surface area contributed by atoms with Gasteiger partial charge in [-0.25, -0.2) is 4.79 Å². The number of aromatic nitrogens is 1. The molecule has 3 heterocycles. The van der Waals surface area contributed by atoms with Crippen LogP contribution in [0.3, 0.4) is 0 Å². The Balaban J connectivity index is 1.39.